The third-order valence-corrected chi connectivity index (χ3v) is 6.60. The molecular weight excluding hydrogens is 495 g/mol. The molecule has 0 fully saturated rings. The molecule has 0 spiro atoms. The van der Waals surface area contributed by atoms with E-state index in [1.807, 2.05) is 12.1 Å². The van der Waals surface area contributed by atoms with E-state index in [9.17, 15) is 19.6 Å². The van der Waals surface area contributed by atoms with Crippen molar-refractivity contribution in [1.82, 2.24) is 24.1 Å². The molecule has 5 rings (SSSR count). The molecular formula is C25H19FN8O2S. The number of fused-ring (bicyclic) bond motifs is 1. The number of aromatic nitrogens is 5. The third-order valence-electron chi connectivity index (χ3n) is 5.56. The zero-order valence-corrected chi connectivity index (χ0v) is 20.1. The average molecular weight is 515 g/mol. The molecule has 0 radical (unpaired) electrons. The third kappa shape index (κ3) is 4.43. The topological polar surface area (TPSA) is 147 Å². The van der Waals surface area contributed by atoms with Crippen molar-refractivity contribution in [3.8, 4) is 17.5 Å². The van der Waals surface area contributed by atoms with E-state index in [-0.39, 0.29) is 22.8 Å². The maximum absolute atomic E-state index is 13.9. The van der Waals surface area contributed by atoms with E-state index < -0.39 is 17.6 Å². The van der Waals surface area contributed by atoms with Gasteiger partial charge in [0.2, 0.25) is 0 Å². The number of benzene rings is 2. The van der Waals surface area contributed by atoms with Crippen LogP contribution < -0.4 is 16.6 Å². The summed E-state index contributed by atoms with van der Waals surface area (Å²) in [4.78, 5) is 23.0. The van der Waals surface area contributed by atoms with Crippen LogP contribution in [0.25, 0.3) is 11.2 Å². The molecule has 10 nitrogen and oxygen atoms in total. The van der Waals surface area contributed by atoms with Crippen LogP contribution in [0.2, 0.25) is 0 Å². The summed E-state index contributed by atoms with van der Waals surface area (Å²) in [5.74, 6) is -0.594. The highest BCUT2D eigenvalue weighted by atomic mass is 32.2. The van der Waals surface area contributed by atoms with Gasteiger partial charge < -0.3 is 16.2 Å². The van der Waals surface area contributed by atoms with Crippen LogP contribution in [0.15, 0.2) is 81.7 Å². The van der Waals surface area contributed by atoms with Gasteiger partial charge in [0.1, 0.15) is 35.1 Å². The second kappa shape index (κ2) is 9.63. The number of hydrogen-bond donors (Lipinski definition) is 3. The first-order valence-corrected chi connectivity index (χ1v) is 11.8. The molecule has 2 aromatic carbocycles. The van der Waals surface area contributed by atoms with Gasteiger partial charge in [0.25, 0.3) is 5.56 Å². The van der Waals surface area contributed by atoms with Crippen molar-refractivity contribution in [1.29, 1.82) is 5.26 Å². The number of nitrogens with zero attached hydrogens (tertiary/aromatic N) is 6. The number of halogens is 1. The van der Waals surface area contributed by atoms with E-state index in [2.05, 4.69) is 15.3 Å². The number of aromatic hydroxyl groups is 1. The molecule has 0 saturated carbocycles. The predicted molar refractivity (Wildman–Crippen MR) is 136 cm³/mol. The summed E-state index contributed by atoms with van der Waals surface area (Å²) >= 11 is 1.18. The Balaban J connectivity index is 1.65. The average Bonchev–Trinajstić information content (AvgIpc) is 3.29. The molecule has 3 heterocycles. The number of nitrogens with two attached hydrogens (primary N) is 1. The lowest BCUT2D eigenvalue weighted by molar-refractivity contribution is 0.431. The number of para-hydroxylation sites is 1. The highest BCUT2D eigenvalue weighted by Crippen LogP contribution is 2.33. The van der Waals surface area contributed by atoms with Crippen LogP contribution in [-0.2, 0) is 0 Å². The number of anilines is 2. The first-order chi connectivity index (χ1) is 17.9. The Morgan fingerprint density at radius 3 is 2.70 bits per heavy atom. The van der Waals surface area contributed by atoms with Crippen molar-refractivity contribution in [3.63, 3.8) is 0 Å². The molecule has 3 aromatic heterocycles. The second-order valence-corrected chi connectivity index (χ2v) is 9.10. The van der Waals surface area contributed by atoms with Crippen LogP contribution in [0.3, 0.4) is 0 Å². The normalized spacial score (nSPS) is 11.8. The van der Waals surface area contributed by atoms with E-state index in [1.54, 1.807) is 49.5 Å². The number of rotatable bonds is 6. The lowest BCUT2D eigenvalue weighted by atomic mass is 10.2. The second-order valence-electron chi connectivity index (χ2n) is 7.98. The minimum absolute atomic E-state index is 0.0359. The van der Waals surface area contributed by atoms with Crippen LogP contribution >= 0.6 is 11.8 Å². The fourth-order valence-corrected chi connectivity index (χ4v) is 4.77. The molecule has 0 amide bonds. The Hall–Kier alpha value is -4.89. The molecule has 12 heteroatoms. The summed E-state index contributed by atoms with van der Waals surface area (Å²) in [7, 11) is 0. The van der Waals surface area contributed by atoms with Crippen LogP contribution in [-0.4, -0.2) is 29.3 Å². The Kier molecular flexibility index (Phi) is 6.21. The van der Waals surface area contributed by atoms with E-state index in [0.29, 0.717) is 26.8 Å². The predicted octanol–water partition coefficient (Wildman–Crippen LogP) is 3.90. The van der Waals surface area contributed by atoms with Crippen molar-refractivity contribution in [3.05, 3.63) is 94.7 Å². The largest absolute Gasteiger partial charge is 0.505 e. The van der Waals surface area contributed by atoms with E-state index in [4.69, 9.17) is 10.8 Å². The monoisotopic (exact) mass is 514 g/mol. The molecule has 0 aliphatic heterocycles. The summed E-state index contributed by atoms with van der Waals surface area (Å²) in [6, 6.07) is 16.2. The maximum Gasteiger partial charge on any atom is 0.283 e. The van der Waals surface area contributed by atoms with E-state index >= 15 is 0 Å². The quantitative estimate of drug-likeness (QED) is 0.307. The van der Waals surface area contributed by atoms with Gasteiger partial charge in [0.05, 0.1) is 11.7 Å². The molecule has 37 heavy (non-hydrogen) atoms. The molecule has 1 atom stereocenters. The molecule has 0 aliphatic rings. The smallest absolute Gasteiger partial charge is 0.283 e. The van der Waals surface area contributed by atoms with E-state index in [0.717, 1.165) is 0 Å². The highest BCUT2D eigenvalue weighted by molar-refractivity contribution is 7.99. The van der Waals surface area contributed by atoms with Gasteiger partial charge in [-0.05, 0) is 43.3 Å². The summed E-state index contributed by atoms with van der Waals surface area (Å²) in [6.45, 7) is 1.78. The van der Waals surface area contributed by atoms with Gasteiger partial charge in [-0.25, -0.2) is 18.9 Å². The molecule has 4 N–H and O–H groups in total. The fourth-order valence-electron chi connectivity index (χ4n) is 3.81. The molecule has 5 aromatic rings. The first-order valence-electron chi connectivity index (χ1n) is 11.0. The number of phenols is 1. The van der Waals surface area contributed by atoms with Crippen LogP contribution in [0.1, 0.15) is 24.4 Å². The van der Waals surface area contributed by atoms with Gasteiger partial charge in [-0.2, -0.15) is 10.4 Å². The van der Waals surface area contributed by atoms with Crippen LogP contribution in [0.4, 0.5) is 16.0 Å². The molecule has 1 unspecified atom stereocenters. The van der Waals surface area contributed by atoms with Crippen LogP contribution in [0.5, 0.6) is 5.75 Å². The maximum atomic E-state index is 13.9. The SMILES string of the molecule is CC(Nc1ncnc(N)c1C#N)c1nn2ccc(Sc3ccc(O)c(F)c3)c2c(=O)n1-c1ccccc1. The Labute approximate surface area is 213 Å². The molecule has 184 valence electrons. The number of nitrogens with one attached hydrogen (secondary N) is 1. The summed E-state index contributed by atoms with van der Waals surface area (Å²) in [5, 5.41) is 26.8. The van der Waals surface area contributed by atoms with Gasteiger partial charge >= 0.3 is 0 Å². The summed E-state index contributed by atoms with van der Waals surface area (Å²) < 4.78 is 16.8. The Morgan fingerprint density at radius 2 is 1.97 bits per heavy atom. The zero-order valence-electron chi connectivity index (χ0n) is 19.3. The van der Waals surface area contributed by atoms with Gasteiger partial charge in [0, 0.05) is 16.0 Å². The van der Waals surface area contributed by atoms with Crippen molar-refractivity contribution in [2.45, 2.75) is 22.8 Å². The first kappa shape index (κ1) is 23.8. The number of nitriles is 1. The van der Waals surface area contributed by atoms with Crippen molar-refractivity contribution in [2.24, 2.45) is 0 Å². The summed E-state index contributed by atoms with van der Waals surface area (Å²) in [5.41, 5.74) is 6.44. The fraction of sp³-hybridized carbons (Fsp3) is 0.0800. The van der Waals surface area contributed by atoms with Gasteiger partial charge in [-0.1, -0.05) is 30.0 Å². The standard InChI is InChI=1S/C25H19FN8O2S/c1-14(31-23-17(12-27)22(28)29-13-30-23)24-32-33-10-9-20(37-16-7-8-19(35)18(26)11-16)21(33)25(36)34(24)15-5-3-2-4-6-15/h2-11,13-14,35H,1H3,(H3,28,29,30,31). The van der Waals surface area contributed by atoms with E-state index in [1.165, 1.54) is 39.3 Å². The minimum Gasteiger partial charge on any atom is -0.505 e. The molecule has 0 saturated heterocycles. The van der Waals surface area contributed by atoms with Crippen molar-refractivity contribution >= 4 is 28.9 Å². The molecule has 0 bridgehead atoms. The lowest BCUT2D eigenvalue weighted by Gasteiger charge is -2.20. The Bertz CT molecular complexity index is 1730. The highest BCUT2D eigenvalue weighted by Gasteiger charge is 2.22. The number of hydrogen-bond acceptors (Lipinski definition) is 9. The minimum atomic E-state index is -0.752. The van der Waals surface area contributed by atoms with Gasteiger partial charge in [-0.3, -0.25) is 9.36 Å². The van der Waals surface area contributed by atoms with Gasteiger partial charge in [0.15, 0.2) is 17.4 Å². The Morgan fingerprint density at radius 1 is 1.19 bits per heavy atom. The summed E-state index contributed by atoms with van der Waals surface area (Å²) in [6.07, 6.45) is 2.89. The molecule has 0 aliphatic carbocycles. The van der Waals surface area contributed by atoms with Crippen molar-refractivity contribution in [2.75, 3.05) is 11.1 Å². The number of nitrogen functional groups attached to an aromatic ring is 1. The zero-order chi connectivity index (χ0) is 26.1. The number of phenolic OH excluding ortho intramolecular Hbond substituents is 1. The van der Waals surface area contributed by atoms with Crippen LogP contribution in [0, 0.1) is 17.1 Å². The lowest BCUT2D eigenvalue weighted by Crippen LogP contribution is -2.29. The van der Waals surface area contributed by atoms with Gasteiger partial charge in [-0.15, -0.1) is 0 Å². The van der Waals surface area contributed by atoms with Crippen molar-refractivity contribution < 1.29 is 9.50 Å².